The van der Waals surface area contributed by atoms with E-state index >= 15 is 0 Å². The Hall–Kier alpha value is -1.83. The van der Waals surface area contributed by atoms with E-state index in [1.807, 2.05) is 4.90 Å². The highest BCUT2D eigenvalue weighted by molar-refractivity contribution is 5.92. The molecule has 1 aliphatic rings. The van der Waals surface area contributed by atoms with Gasteiger partial charge < -0.3 is 19.7 Å². The maximum atomic E-state index is 11.9. The highest BCUT2D eigenvalue weighted by atomic mass is 35.5. The van der Waals surface area contributed by atoms with Crippen molar-refractivity contribution >= 4 is 30.1 Å². The van der Waals surface area contributed by atoms with Crippen LogP contribution in [0.25, 0.3) is 0 Å². The predicted molar refractivity (Wildman–Crippen MR) is 89.3 cm³/mol. The Morgan fingerprint density at radius 2 is 1.83 bits per heavy atom. The zero-order chi connectivity index (χ0) is 15.9. The smallest absolute Gasteiger partial charge is 0.410 e. The third-order valence-electron chi connectivity index (χ3n) is 3.18. The largest absolute Gasteiger partial charge is 0.414 e. The second-order valence-corrected chi connectivity index (χ2v) is 5.22. The number of hydrogen-bond acceptors (Lipinski definition) is 5. The second-order valence-electron chi connectivity index (χ2n) is 5.22. The summed E-state index contributed by atoms with van der Waals surface area (Å²) in [5.74, 6) is 0.366. The van der Waals surface area contributed by atoms with Crippen LogP contribution in [-0.4, -0.2) is 68.7 Å². The van der Waals surface area contributed by atoms with Crippen molar-refractivity contribution in [3.63, 3.8) is 0 Å². The summed E-state index contributed by atoms with van der Waals surface area (Å²) in [5.41, 5.74) is 0.669. The van der Waals surface area contributed by atoms with Crippen molar-refractivity contribution in [2.24, 2.45) is 0 Å². The fourth-order valence-electron chi connectivity index (χ4n) is 1.96. The summed E-state index contributed by atoms with van der Waals surface area (Å²) in [5, 5.41) is 2.82. The van der Waals surface area contributed by atoms with Gasteiger partial charge in [0.1, 0.15) is 5.75 Å². The number of ether oxygens (including phenoxy) is 2. The molecule has 1 heterocycles. The Balaban J connectivity index is 0.00000264. The van der Waals surface area contributed by atoms with Crippen molar-refractivity contribution in [2.45, 2.75) is 0 Å². The SMILES string of the molecule is CN(C)C(=O)Oc1ccc(NC(=O)CN2CCOCC2)cc1.Cl. The van der Waals surface area contributed by atoms with Crippen molar-refractivity contribution in [3.05, 3.63) is 24.3 Å². The lowest BCUT2D eigenvalue weighted by Crippen LogP contribution is -2.41. The molecule has 0 atom stereocenters. The van der Waals surface area contributed by atoms with E-state index in [0.717, 1.165) is 13.1 Å². The molecule has 0 aromatic heterocycles. The van der Waals surface area contributed by atoms with Crippen LogP contribution in [0, 0.1) is 0 Å². The Morgan fingerprint density at radius 3 is 2.39 bits per heavy atom. The average molecular weight is 344 g/mol. The van der Waals surface area contributed by atoms with Gasteiger partial charge in [-0.2, -0.15) is 0 Å². The number of nitrogens with zero attached hydrogens (tertiary/aromatic N) is 2. The molecular weight excluding hydrogens is 322 g/mol. The number of anilines is 1. The quantitative estimate of drug-likeness (QED) is 0.895. The lowest BCUT2D eigenvalue weighted by molar-refractivity contribution is -0.118. The van der Waals surface area contributed by atoms with Gasteiger partial charge in [0.05, 0.1) is 19.8 Å². The van der Waals surface area contributed by atoms with E-state index in [9.17, 15) is 9.59 Å². The van der Waals surface area contributed by atoms with E-state index in [0.29, 0.717) is 31.2 Å². The van der Waals surface area contributed by atoms with Gasteiger partial charge in [0.25, 0.3) is 0 Å². The van der Waals surface area contributed by atoms with Crippen LogP contribution in [0.4, 0.5) is 10.5 Å². The minimum absolute atomic E-state index is 0. The van der Waals surface area contributed by atoms with E-state index < -0.39 is 6.09 Å². The van der Waals surface area contributed by atoms with Crippen molar-refractivity contribution in [1.29, 1.82) is 0 Å². The zero-order valence-electron chi connectivity index (χ0n) is 13.3. The summed E-state index contributed by atoms with van der Waals surface area (Å²) < 4.78 is 10.4. The molecule has 1 fully saturated rings. The van der Waals surface area contributed by atoms with Gasteiger partial charge in [-0.1, -0.05) is 0 Å². The maximum absolute atomic E-state index is 11.9. The van der Waals surface area contributed by atoms with Crippen molar-refractivity contribution in [2.75, 3.05) is 52.3 Å². The normalized spacial score (nSPS) is 14.5. The van der Waals surface area contributed by atoms with Crippen LogP contribution < -0.4 is 10.1 Å². The molecule has 2 amide bonds. The Kier molecular flexibility index (Phi) is 7.80. The number of amides is 2. The molecule has 1 aromatic carbocycles. The molecule has 1 N–H and O–H groups in total. The van der Waals surface area contributed by atoms with Gasteiger partial charge in [0.15, 0.2) is 0 Å². The summed E-state index contributed by atoms with van der Waals surface area (Å²) >= 11 is 0. The van der Waals surface area contributed by atoms with Gasteiger partial charge in [0.2, 0.25) is 5.91 Å². The molecule has 0 saturated carbocycles. The Morgan fingerprint density at radius 1 is 1.22 bits per heavy atom. The Labute approximate surface area is 141 Å². The molecule has 128 valence electrons. The summed E-state index contributed by atoms with van der Waals surface area (Å²) in [6, 6.07) is 6.70. The van der Waals surface area contributed by atoms with Crippen molar-refractivity contribution in [3.8, 4) is 5.75 Å². The topological polar surface area (TPSA) is 71.1 Å². The van der Waals surface area contributed by atoms with Gasteiger partial charge in [0, 0.05) is 32.9 Å². The van der Waals surface area contributed by atoms with Gasteiger partial charge in [-0.05, 0) is 24.3 Å². The van der Waals surface area contributed by atoms with Crippen molar-refractivity contribution < 1.29 is 19.1 Å². The lowest BCUT2D eigenvalue weighted by Gasteiger charge is -2.25. The maximum Gasteiger partial charge on any atom is 0.414 e. The molecule has 8 heteroatoms. The van der Waals surface area contributed by atoms with Crippen LogP contribution in [0.15, 0.2) is 24.3 Å². The molecule has 0 aliphatic carbocycles. The molecule has 1 saturated heterocycles. The molecule has 7 nitrogen and oxygen atoms in total. The first-order chi connectivity index (χ1) is 10.5. The minimum Gasteiger partial charge on any atom is -0.410 e. The number of nitrogens with one attached hydrogen (secondary N) is 1. The van der Waals surface area contributed by atoms with E-state index in [4.69, 9.17) is 9.47 Å². The lowest BCUT2D eigenvalue weighted by atomic mass is 10.3. The van der Waals surface area contributed by atoms with E-state index in [-0.39, 0.29) is 18.3 Å². The first-order valence-corrected chi connectivity index (χ1v) is 7.14. The van der Waals surface area contributed by atoms with Crippen LogP contribution in [0.1, 0.15) is 0 Å². The number of rotatable bonds is 4. The standard InChI is InChI=1S/C15H21N3O4.ClH/c1-17(2)15(20)22-13-5-3-12(4-6-13)16-14(19)11-18-7-9-21-10-8-18;/h3-6H,7-11H2,1-2H3,(H,16,19);1H. The van der Waals surface area contributed by atoms with Crippen LogP contribution in [0.2, 0.25) is 0 Å². The number of morpholine rings is 1. The summed E-state index contributed by atoms with van der Waals surface area (Å²) in [7, 11) is 3.23. The molecule has 1 aromatic rings. The van der Waals surface area contributed by atoms with Crippen LogP contribution in [0.5, 0.6) is 5.75 Å². The van der Waals surface area contributed by atoms with Crippen LogP contribution in [0.3, 0.4) is 0 Å². The van der Waals surface area contributed by atoms with Gasteiger partial charge in [-0.25, -0.2) is 4.79 Å². The zero-order valence-corrected chi connectivity index (χ0v) is 14.1. The van der Waals surface area contributed by atoms with Gasteiger partial charge in [-0.15, -0.1) is 12.4 Å². The van der Waals surface area contributed by atoms with E-state index in [1.54, 1.807) is 38.4 Å². The molecule has 0 radical (unpaired) electrons. The summed E-state index contributed by atoms with van der Waals surface area (Å²) in [4.78, 5) is 26.8. The van der Waals surface area contributed by atoms with Crippen LogP contribution >= 0.6 is 12.4 Å². The highest BCUT2D eigenvalue weighted by Crippen LogP contribution is 2.16. The first kappa shape index (κ1) is 19.2. The molecule has 0 unspecified atom stereocenters. The molecule has 0 bridgehead atoms. The summed E-state index contributed by atoms with van der Waals surface area (Å²) in [6.45, 7) is 3.22. The van der Waals surface area contributed by atoms with Crippen molar-refractivity contribution in [1.82, 2.24) is 9.80 Å². The number of carbonyl (C=O) groups is 2. The fraction of sp³-hybridized carbons (Fsp3) is 0.467. The van der Waals surface area contributed by atoms with E-state index in [1.165, 1.54) is 4.90 Å². The molecule has 2 rings (SSSR count). The highest BCUT2D eigenvalue weighted by Gasteiger charge is 2.14. The second kappa shape index (κ2) is 9.34. The van der Waals surface area contributed by atoms with Crippen LogP contribution in [-0.2, 0) is 9.53 Å². The predicted octanol–water partition coefficient (Wildman–Crippen LogP) is 1.44. The third kappa shape index (κ3) is 6.43. The fourth-order valence-corrected chi connectivity index (χ4v) is 1.96. The molecule has 0 spiro atoms. The number of halogens is 1. The minimum atomic E-state index is -0.441. The third-order valence-corrected chi connectivity index (χ3v) is 3.18. The number of hydrogen-bond donors (Lipinski definition) is 1. The Bertz CT molecular complexity index is 516. The number of benzene rings is 1. The van der Waals surface area contributed by atoms with Gasteiger partial charge >= 0.3 is 6.09 Å². The molecular formula is C15H22ClN3O4. The average Bonchev–Trinajstić information content (AvgIpc) is 2.50. The first-order valence-electron chi connectivity index (χ1n) is 7.14. The monoisotopic (exact) mass is 343 g/mol. The number of carbonyl (C=O) groups excluding carboxylic acids is 2. The van der Waals surface area contributed by atoms with Gasteiger partial charge in [-0.3, -0.25) is 9.69 Å². The molecule has 1 aliphatic heterocycles. The molecule has 23 heavy (non-hydrogen) atoms. The summed E-state index contributed by atoms with van der Waals surface area (Å²) in [6.07, 6.45) is -0.441. The van der Waals surface area contributed by atoms with E-state index in [2.05, 4.69) is 5.32 Å².